The van der Waals surface area contributed by atoms with Crippen LogP contribution in [0.4, 0.5) is 18.9 Å². The molecule has 3 rings (SSSR count). The molecule has 1 heterocycles. The van der Waals surface area contributed by atoms with E-state index in [1.807, 2.05) is 42.2 Å². The Balaban J connectivity index is 0.000000366. The summed E-state index contributed by atoms with van der Waals surface area (Å²) in [4.78, 5) is 4.65. The first-order chi connectivity index (χ1) is 14.5. The average Bonchev–Trinajstić information content (AvgIpc) is 2.69. The molecule has 0 bridgehead atoms. The fourth-order valence-corrected chi connectivity index (χ4v) is 2.76. The SMILES string of the molecule is Cn1ccc(=Nc2cccc(CCc3ccccc3)c2)c(Cl)c1.O=S(=O)(O)C(F)(F)F. The summed E-state index contributed by atoms with van der Waals surface area (Å²) in [5, 5.41) is 1.45. The van der Waals surface area contributed by atoms with Crippen molar-refractivity contribution in [2.75, 3.05) is 0 Å². The molecule has 3 aromatic rings. The lowest BCUT2D eigenvalue weighted by Gasteiger charge is -2.04. The Hall–Kier alpha value is -2.62. The van der Waals surface area contributed by atoms with Crippen LogP contribution in [0.5, 0.6) is 0 Å². The number of pyridine rings is 1. The maximum Gasteiger partial charge on any atom is 0.522 e. The monoisotopic (exact) mass is 472 g/mol. The minimum absolute atomic E-state index is 0.657. The Morgan fingerprint density at radius 3 is 2.16 bits per heavy atom. The molecular weight excluding hydrogens is 453 g/mol. The first-order valence-corrected chi connectivity index (χ1v) is 10.8. The number of hydrogen-bond donors (Lipinski definition) is 1. The lowest BCUT2D eigenvalue weighted by Crippen LogP contribution is -2.21. The van der Waals surface area contributed by atoms with Gasteiger partial charge in [0.15, 0.2) is 0 Å². The van der Waals surface area contributed by atoms with Gasteiger partial charge in [0, 0.05) is 19.4 Å². The van der Waals surface area contributed by atoms with Gasteiger partial charge >= 0.3 is 15.6 Å². The third-order valence-electron chi connectivity index (χ3n) is 4.03. The van der Waals surface area contributed by atoms with Gasteiger partial charge in [0.05, 0.1) is 16.1 Å². The van der Waals surface area contributed by atoms with Gasteiger partial charge in [0.25, 0.3) is 0 Å². The van der Waals surface area contributed by atoms with Crippen molar-refractivity contribution in [2.45, 2.75) is 18.3 Å². The highest BCUT2D eigenvalue weighted by Crippen LogP contribution is 2.20. The highest BCUT2D eigenvalue weighted by Gasteiger charge is 2.44. The standard InChI is InChI=1S/C20H19ClN2.CHF3O3S/c1-23-13-12-20(19(21)15-23)22-18-9-5-8-17(14-18)11-10-16-6-3-2-4-7-16;2-1(3,4)8(5,6)7/h2-9,12-15H,10-11H2,1H3;(H,5,6,7). The lowest BCUT2D eigenvalue weighted by atomic mass is 10.0. The molecule has 10 heteroatoms. The van der Waals surface area contributed by atoms with Crippen LogP contribution in [0, 0.1) is 0 Å². The second-order valence-electron chi connectivity index (χ2n) is 6.53. The van der Waals surface area contributed by atoms with Gasteiger partial charge < -0.3 is 4.57 Å². The van der Waals surface area contributed by atoms with Gasteiger partial charge in [0.1, 0.15) is 0 Å². The summed E-state index contributed by atoms with van der Waals surface area (Å²) < 4.78 is 59.5. The number of aromatic nitrogens is 1. The van der Waals surface area contributed by atoms with Crippen molar-refractivity contribution in [1.82, 2.24) is 4.57 Å². The van der Waals surface area contributed by atoms with Crippen molar-refractivity contribution in [2.24, 2.45) is 12.0 Å². The molecule has 1 aromatic heterocycles. The van der Waals surface area contributed by atoms with Crippen LogP contribution >= 0.6 is 11.6 Å². The molecule has 0 atom stereocenters. The first-order valence-electron chi connectivity index (χ1n) is 8.99. The number of benzene rings is 2. The largest absolute Gasteiger partial charge is 0.522 e. The van der Waals surface area contributed by atoms with Gasteiger partial charge in [-0.05, 0) is 42.2 Å². The number of rotatable bonds is 4. The molecule has 0 aliphatic heterocycles. The Labute approximate surface area is 183 Å². The molecule has 0 fully saturated rings. The van der Waals surface area contributed by atoms with E-state index in [1.54, 1.807) is 0 Å². The van der Waals surface area contributed by atoms with Crippen LogP contribution in [-0.4, -0.2) is 23.0 Å². The van der Waals surface area contributed by atoms with Gasteiger partial charge in [-0.1, -0.05) is 54.1 Å². The minimum atomic E-state index is -5.84. The number of hydrogen-bond acceptors (Lipinski definition) is 3. The average molecular weight is 473 g/mol. The topological polar surface area (TPSA) is 71.7 Å². The molecule has 0 saturated carbocycles. The molecule has 0 saturated heterocycles. The van der Waals surface area contributed by atoms with Crippen LogP contribution in [0.1, 0.15) is 11.1 Å². The van der Waals surface area contributed by atoms with Crippen molar-refractivity contribution < 1.29 is 26.1 Å². The molecule has 0 aliphatic rings. The second kappa shape index (κ2) is 10.6. The van der Waals surface area contributed by atoms with E-state index in [-0.39, 0.29) is 0 Å². The molecule has 0 amide bonds. The fraction of sp³-hybridized carbons (Fsp3) is 0.190. The van der Waals surface area contributed by atoms with E-state index in [9.17, 15) is 13.2 Å². The Morgan fingerprint density at radius 1 is 1.00 bits per heavy atom. The molecule has 0 aliphatic carbocycles. The van der Waals surface area contributed by atoms with Gasteiger partial charge in [-0.15, -0.1) is 0 Å². The first kappa shape index (κ1) is 24.6. The van der Waals surface area contributed by atoms with Crippen molar-refractivity contribution in [3.05, 3.63) is 94.6 Å². The van der Waals surface area contributed by atoms with E-state index in [1.165, 1.54) is 11.1 Å². The summed E-state index contributed by atoms with van der Waals surface area (Å²) in [7, 11) is -3.90. The van der Waals surface area contributed by atoms with Crippen LogP contribution in [-0.2, 0) is 30.0 Å². The molecule has 0 unspecified atom stereocenters. The van der Waals surface area contributed by atoms with E-state index in [4.69, 9.17) is 24.6 Å². The summed E-state index contributed by atoms with van der Waals surface area (Å²) in [5.74, 6) is 0. The summed E-state index contributed by atoms with van der Waals surface area (Å²) in [6, 6.07) is 20.8. The van der Waals surface area contributed by atoms with E-state index in [0.29, 0.717) is 5.02 Å². The summed E-state index contributed by atoms with van der Waals surface area (Å²) in [6.07, 6.45) is 5.85. The summed E-state index contributed by atoms with van der Waals surface area (Å²) in [6.45, 7) is 0. The number of nitrogens with zero attached hydrogens (tertiary/aromatic N) is 2. The van der Waals surface area contributed by atoms with E-state index >= 15 is 0 Å². The zero-order chi connectivity index (χ0) is 23.1. The van der Waals surface area contributed by atoms with E-state index in [0.717, 1.165) is 23.9 Å². The molecule has 31 heavy (non-hydrogen) atoms. The predicted octanol–water partition coefficient (Wildman–Crippen LogP) is 5.09. The second-order valence-corrected chi connectivity index (χ2v) is 8.35. The quantitative estimate of drug-likeness (QED) is 0.424. The maximum atomic E-state index is 10.7. The number of halogens is 4. The Kier molecular flexibility index (Phi) is 8.43. The molecule has 0 radical (unpaired) electrons. The molecule has 1 N–H and O–H groups in total. The zero-order valence-electron chi connectivity index (χ0n) is 16.4. The molecule has 0 spiro atoms. The van der Waals surface area contributed by atoms with Crippen molar-refractivity contribution in [3.63, 3.8) is 0 Å². The van der Waals surface area contributed by atoms with Gasteiger partial charge in [0.2, 0.25) is 0 Å². The van der Waals surface area contributed by atoms with Crippen LogP contribution in [0.3, 0.4) is 0 Å². The van der Waals surface area contributed by atoms with Crippen LogP contribution in [0.15, 0.2) is 78.0 Å². The molecule has 2 aromatic carbocycles. The highest BCUT2D eigenvalue weighted by molar-refractivity contribution is 7.86. The van der Waals surface area contributed by atoms with Crippen molar-refractivity contribution in [1.29, 1.82) is 0 Å². The van der Waals surface area contributed by atoms with Crippen molar-refractivity contribution >= 4 is 27.4 Å². The summed E-state index contributed by atoms with van der Waals surface area (Å²) in [5.41, 5.74) is -1.96. The number of alkyl halides is 3. The minimum Gasteiger partial charge on any atom is -0.356 e. The van der Waals surface area contributed by atoms with Crippen molar-refractivity contribution in [3.8, 4) is 0 Å². The molecule has 5 nitrogen and oxygen atoms in total. The lowest BCUT2D eigenvalue weighted by molar-refractivity contribution is -0.0510. The van der Waals surface area contributed by atoms with Crippen LogP contribution in [0.2, 0.25) is 5.02 Å². The Bertz CT molecular complexity index is 1180. The third kappa shape index (κ3) is 8.20. The maximum absolute atomic E-state index is 10.7. The Morgan fingerprint density at radius 2 is 1.58 bits per heavy atom. The third-order valence-corrected chi connectivity index (χ3v) is 4.90. The fourth-order valence-electron chi connectivity index (χ4n) is 2.50. The van der Waals surface area contributed by atoms with E-state index in [2.05, 4.69) is 47.5 Å². The zero-order valence-corrected chi connectivity index (χ0v) is 18.0. The van der Waals surface area contributed by atoms with Gasteiger partial charge in [-0.2, -0.15) is 21.6 Å². The number of aryl methyl sites for hydroxylation is 3. The van der Waals surface area contributed by atoms with Crippen LogP contribution in [0.25, 0.3) is 0 Å². The summed E-state index contributed by atoms with van der Waals surface area (Å²) >= 11 is 6.25. The van der Waals surface area contributed by atoms with E-state index < -0.39 is 15.6 Å². The molecule has 166 valence electrons. The van der Waals surface area contributed by atoms with Gasteiger partial charge in [-0.3, -0.25) is 4.55 Å². The normalized spacial score (nSPS) is 12.3. The predicted molar refractivity (Wildman–Crippen MR) is 114 cm³/mol. The highest BCUT2D eigenvalue weighted by atomic mass is 35.5. The smallest absolute Gasteiger partial charge is 0.356 e. The van der Waals surface area contributed by atoms with Gasteiger partial charge in [-0.25, -0.2) is 4.99 Å². The molecular formula is C21H20ClF3N2O3S. The van der Waals surface area contributed by atoms with Crippen LogP contribution < -0.4 is 5.36 Å².